The van der Waals surface area contributed by atoms with Gasteiger partial charge in [-0.05, 0) is 30.7 Å². The van der Waals surface area contributed by atoms with Gasteiger partial charge in [-0.2, -0.15) is 0 Å². The zero-order valence-corrected chi connectivity index (χ0v) is 11.3. The molecule has 1 aromatic heterocycles. The van der Waals surface area contributed by atoms with Crippen LogP contribution in [-0.2, 0) is 0 Å². The number of hydrogen-bond donors (Lipinski definition) is 2. The average molecular weight is 270 g/mol. The van der Waals surface area contributed by atoms with Gasteiger partial charge in [-0.25, -0.2) is 9.97 Å². The number of benzene rings is 1. The van der Waals surface area contributed by atoms with E-state index in [0.717, 1.165) is 49.7 Å². The molecule has 104 valence electrons. The van der Waals surface area contributed by atoms with Gasteiger partial charge in [-0.3, -0.25) is 0 Å². The number of anilines is 1. The van der Waals surface area contributed by atoms with Crippen LogP contribution in [0.4, 0.5) is 5.95 Å². The molecule has 5 nitrogen and oxygen atoms in total. The molecule has 0 atom stereocenters. The molecule has 1 fully saturated rings. The van der Waals surface area contributed by atoms with Crippen molar-refractivity contribution in [3.05, 3.63) is 36.7 Å². The van der Waals surface area contributed by atoms with Gasteiger partial charge in [-0.1, -0.05) is 12.1 Å². The van der Waals surface area contributed by atoms with Crippen LogP contribution < -0.4 is 10.2 Å². The summed E-state index contributed by atoms with van der Waals surface area (Å²) in [7, 11) is 0. The van der Waals surface area contributed by atoms with Gasteiger partial charge in [0, 0.05) is 37.6 Å². The van der Waals surface area contributed by atoms with E-state index in [1.165, 1.54) is 0 Å². The summed E-state index contributed by atoms with van der Waals surface area (Å²) >= 11 is 0. The van der Waals surface area contributed by atoms with E-state index in [1.54, 1.807) is 12.1 Å². The molecule has 0 radical (unpaired) electrons. The van der Waals surface area contributed by atoms with Crippen LogP contribution in [0.3, 0.4) is 0 Å². The highest BCUT2D eigenvalue weighted by Gasteiger charge is 2.11. The smallest absolute Gasteiger partial charge is 0.225 e. The number of phenolic OH excluding ortho intramolecular Hbond substituents is 1. The summed E-state index contributed by atoms with van der Waals surface area (Å²) in [5, 5.41) is 12.7. The lowest BCUT2D eigenvalue weighted by Crippen LogP contribution is -2.29. The van der Waals surface area contributed by atoms with Gasteiger partial charge in [0.15, 0.2) is 0 Å². The van der Waals surface area contributed by atoms with Crippen LogP contribution in [0.15, 0.2) is 36.7 Å². The highest BCUT2D eigenvalue weighted by Crippen LogP contribution is 2.21. The van der Waals surface area contributed by atoms with E-state index in [0.29, 0.717) is 0 Å². The Morgan fingerprint density at radius 3 is 2.45 bits per heavy atom. The highest BCUT2D eigenvalue weighted by molar-refractivity contribution is 5.62. The third-order valence-corrected chi connectivity index (χ3v) is 3.46. The molecule has 0 amide bonds. The first kappa shape index (κ1) is 12.9. The van der Waals surface area contributed by atoms with Crippen LogP contribution in [0.2, 0.25) is 0 Å². The van der Waals surface area contributed by atoms with Crippen LogP contribution in [0.1, 0.15) is 6.42 Å². The van der Waals surface area contributed by atoms with Crippen molar-refractivity contribution in [2.45, 2.75) is 6.42 Å². The van der Waals surface area contributed by atoms with Crippen LogP contribution in [0, 0.1) is 0 Å². The average Bonchev–Trinajstić information content (AvgIpc) is 2.77. The predicted octanol–water partition coefficient (Wildman–Crippen LogP) is 1.65. The second-order valence-electron chi connectivity index (χ2n) is 4.91. The van der Waals surface area contributed by atoms with E-state index in [2.05, 4.69) is 20.2 Å². The van der Waals surface area contributed by atoms with Crippen LogP contribution in [0.25, 0.3) is 11.1 Å². The SMILES string of the molecule is Oc1ccc(-c2cnc(N3CCCNCC3)nc2)cc1. The second-order valence-corrected chi connectivity index (χ2v) is 4.91. The number of aromatic nitrogens is 2. The van der Waals surface area contributed by atoms with Crippen molar-refractivity contribution in [3.8, 4) is 16.9 Å². The van der Waals surface area contributed by atoms with Crippen molar-refractivity contribution in [2.24, 2.45) is 0 Å². The summed E-state index contributed by atoms with van der Waals surface area (Å²) in [5.74, 6) is 1.06. The molecule has 0 aliphatic carbocycles. The zero-order chi connectivity index (χ0) is 13.8. The Bertz CT molecular complexity index is 545. The maximum Gasteiger partial charge on any atom is 0.225 e. The minimum Gasteiger partial charge on any atom is -0.508 e. The molecule has 0 unspecified atom stereocenters. The first-order valence-corrected chi connectivity index (χ1v) is 6.90. The van der Waals surface area contributed by atoms with Crippen molar-refractivity contribution in [2.75, 3.05) is 31.1 Å². The molecular weight excluding hydrogens is 252 g/mol. The molecule has 1 aromatic carbocycles. The van der Waals surface area contributed by atoms with Crippen molar-refractivity contribution in [1.29, 1.82) is 0 Å². The Hall–Kier alpha value is -2.14. The molecule has 5 heteroatoms. The van der Waals surface area contributed by atoms with E-state index < -0.39 is 0 Å². The number of nitrogens with one attached hydrogen (secondary N) is 1. The van der Waals surface area contributed by atoms with Gasteiger partial charge in [0.1, 0.15) is 5.75 Å². The third kappa shape index (κ3) is 2.88. The number of hydrogen-bond acceptors (Lipinski definition) is 5. The monoisotopic (exact) mass is 270 g/mol. The molecule has 20 heavy (non-hydrogen) atoms. The lowest BCUT2D eigenvalue weighted by molar-refractivity contribution is 0.475. The Labute approximate surface area is 118 Å². The molecular formula is C15H18N4O. The van der Waals surface area contributed by atoms with E-state index in [1.807, 2.05) is 24.5 Å². The number of rotatable bonds is 2. The summed E-state index contributed by atoms with van der Waals surface area (Å²) in [6.07, 6.45) is 4.79. The van der Waals surface area contributed by atoms with Gasteiger partial charge >= 0.3 is 0 Å². The number of nitrogens with zero attached hydrogens (tertiary/aromatic N) is 3. The Morgan fingerprint density at radius 1 is 0.950 bits per heavy atom. The fraction of sp³-hybridized carbons (Fsp3) is 0.333. The van der Waals surface area contributed by atoms with E-state index in [9.17, 15) is 5.11 Å². The summed E-state index contributed by atoms with van der Waals surface area (Å²) in [4.78, 5) is 11.1. The molecule has 1 aliphatic heterocycles. The fourth-order valence-corrected chi connectivity index (χ4v) is 2.33. The van der Waals surface area contributed by atoms with Crippen LogP contribution in [0.5, 0.6) is 5.75 Å². The Kier molecular flexibility index (Phi) is 3.78. The molecule has 1 aliphatic rings. The third-order valence-electron chi connectivity index (χ3n) is 3.46. The summed E-state index contributed by atoms with van der Waals surface area (Å²) in [6.45, 7) is 3.97. The first-order valence-electron chi connectivity index (χ1n) is 6.90. The standard InChI is InChI=1S/C15H18N4O/c20-14-4-2-12(3-5-14)13-10-17-15(18-11-13)19-8-1-6-16-7-9-19/h2-5,10-11,16,20H,1,6-9H2. The van der Waals surface area contributed by atoms with E-state index in [4.69, 9.17) is 0 Å². The first-order chi connectivity index (χ1) is 9.83. The predicted molar refractivity (Wildman–Crippen MR) is 78.8 cm³/mol. The summed E-state index contributed by atoms with van der Waals surface area (Å²) in [5.41, 5.74) is 1.97. The molecule has 2 heterocycles. The minimum absolute atomic E-state index is 0.267. The topological polar surface area (TPSA) is 61.3 Å². The van der Waals surface area contributed by atoms with Crippen molar-refractivity contribution in [3.63, 3.8) is 0 Å². The fourth-order valence-electron chi connectivity index (χ4n) is 2.33. The van der Waals surface area contributed by atoms with Gasteiger partial charge in [0.25, 0.3) is 0 Å². The van der Waals surface area contributed by atoms with E-state index >= 15 is 0 Å². The van der Waals surface area contributed by atoms with Crippen molar-refractivity contribution >= 4 is 5.95 Å². The Morgan fingerprint density at radius 2 is 1.70 bits per heavy atom. The van der Waals surface area contributed by atoms with Gasteiger partial charge < -0.3 is 15.3 Å². The molecule has 3 rings (SSSR count). The molecule has 1 saturated heterocycles. The minimum atomic E-state index is 0.267. The van der Waals surface area contributed by atoms with E-state index in [-0.39, 0.29) is 5.75 Å². The molecule has 0 saturated carbocycles. The maximum atomic E-state index is 9.30. The highest BCUT2D eigenvalue weighted by atomic mass is 16.3. The van der Waals surface area contributed by atoms with Crippen LogP contribution >= 0.6 is 0 Å². The zero-order valence-electron chi connectivity index (χ0n) is 11.3. The lowest BCUT2D eigenvalue weighted by Gasteiger charge is -2.19. The van der Waals surface area contributed by atoms with Gasteiger partial charge in [0.05, 0.1) is 0 Å². The quantitative estimate of drug-likeness (QED) is 0.869. The number of aromatic hydroxyl groups is 1. The normalized spacial score (nSPS) is 15.9. The second kappa shape index (κ2) is 5.88. The molecule has 0 spiro atoms. The lowest BCUT2D eigenvalue weighted by atomic mass is 10.1. The van der Waals surface area contributed by atoms with Crippen LogP contribution in [-0.4, -0.2) is 41.3 Å². The van der Waals surface area contributed by atoms with Crippen molar-refractivity contribution in [1.82, 2.24) is 15.3 Å². The van der Waals surface area contributed by atoms with Gasteiger partial charge in [-0.15, -0.1) is 0 Å². The number of phenols is 1. The largest absolute Gasteiger partial charge is 0.508 e. The molecule has 0 bridgehead atoms. The maximum absolute atomic E-state index is 9.30. The Balaban J connectivity index is 1.78. The summed E-state index contributed by atoms with van der Waals surface area (Å²) in [6, 6.07) is 7.07. The molecule has 2 N–H and O–H groups in total. The van der Waals surface area contributed by atoms with Gasteiger partial charge in [0.2, 0.25) is 5.95 Å². The van der Waals surface area contributed by atoms with Crippen molar-refractivity contribution < 1.29 is 5.11 Å². The summed E-state index contributed by atoms with van der Waals surface area (Å²) < 4.78 is 0. The molecule has 2 aromatic rings.